The molecule has 0 radical (unpaired) electrons. The summed E-state index contributed by atoms with van der Waals surface area (Å²) in [6, 6.07) is 9.23. The fraction of sp³-hybridized carbons (Fsp3) is 0.333. The van der Waals surface area contributed by atoms with Gasteiger partial charge in [-0.15, -0.1) is 11.8 Å². The van der Waals surface area contributed by atoms with Crippen LogP contribution in [-0.4, -0.2) is 80.1 Å². The third-order valence-corrected chi connectivity index (χ3v) is 15.3. The molecule has 0 atom stereocenters. The Bertz CT molecular complexity index is 3180. The Kier molecular flexibility index (Phi) is 11.6. The van der Waals surface area contributed by atoms with E-state index in [1.165, 1.54) is 6.07 Å². The van der Waals surface area contributed by atoms with Crippen LogP contribution < -0.4 is 20.1 Å². The van der Waals surface area contributed by atoms with Gasteiger partial charge in [0.15, 0.2) is 29.8 Å². The summed E-state index contributed by atoms with van der Waals surface area (Å²) in [6.07, 6.45) is 2.41. The number of nitrogens with zero attached hydrogens (tertiary/aromatic N) is 2. The van der Waals surface area contributed by atoms with E-state index in [2.05, 4.69) is 0 Å². The summed E-state index contributed by atoms with van der Waals surface area (Å²) in [6.45, 7) is 9.58. The van der Waals surface area contributed by atoms with Crippen molar-refractivity contribution in [1.29, 1.82) is 0 Å². The van der Waals surface area contributed by atoms with E-state index in [1.54, 1.807) is 42.7 Å². The molecular weight excluding hydrogens is 913 g/mol. The van der Waals surface area contributed by atoms with Crippen molar-refractivity contribution in [3.05, 3.63) is 121 Å². The van der Waals surface area contributed by atoms with Gasteiger partial charge in [0.2, 0.25) is 5.36 Å². The van der Waals surface area contributed by atoms with Gasteiger partial charge in [-0.3, -0.25) is 18.5 Å². The second-order valence-corrected chi connectivity index (χ2v) is 21.9. The Morgan fingerprint density at radius 2 is 1.49 bits per heavy atom. The normalized spacial score (nSPS) is 16.8. The van der Waals surface area contributed by atoms with Crippen LogP contribution in [0.25, 0.3) is 11.1 Å². The molecule has 4 N–H and O–H groups in total. The van der Waals surface area contributed by atoms with Gasteiger partial charge in [0.05, 0.1) is 26.6 Å². The Morgan fingerprint density at radius 3 is 2.06 bits per heavy atom. The van der Waals surface area contributed by atoms with Crippen molar-refractivity contribution in [2.45, 2.75) is 79.6 Å². The number of thioether (sulfide) groups is 1. The molecule has 13 nitrogen and oxygen atoms in total. The summed E-state index contributed by atoms with van der Waals surface area (Å²) in [5.41, 5.74) is -1.09. The van der Waals surface area contributed by atoms with Gasteiger partial charge in [-0.05, 0) is 91.1 Å². The first-order valence-electron chi connectivity index (χ1n) is 19.3. The molecule has 0 spiro atoms. The number of benzene rings is 4. The molecule has 0 fully saturated rings. The van der Waals surface area contributed by atoms with Crippen LogP contribution in [0.15, 0.2) is 63.2 Å². The van der Waals surface area contributed by atoms with Crippen LogP contribution in [0, 0.1) is 23.3 Å². The summed E-state index contributed by atoms with van der Waals surface area (Å²) in [4.78, 5) is 10.5. The first-order valence-corrected chi connectivity index (χ1v) is 24.8. The van der Waals surface area contributed by atoms with Gasteiger partial charge in [-0.2, -0.15) is 25.3 Å². The number of likely N-dealkylation sites (N-methyl/N-ethyl adjacent to an activating group) is 1. The van der Waals surface area contributed by atoms with Crippen LogP contribution in [0.1, 0.15) is 80.0 Å². The number of rotatable bonds is 11. The maximum atomic E-state index is 16.7. The third kappa shape index (κ3) is 8.32. The van der Waals surface area contributed by atoms with Crippen molar-refractivity contribution < 1.29 is 66.4 Å². The van der Waals surface area contributed by atoms with Crippen LogP contribution in [0.3, 0.4) is 0 Å². The van der Waals surface area contributed by atoms with E-state index in [9.17, 15) is 48.8 Å². The fourth-order valence-corrected chi connectivity index (χ4v) is 11.8. The second-order valence-electron chi connectivity index (χ2n) is 16.6. The van der Waals surface area contributed by atoms with Crippen molar-refractivity contribution in [3.8, 4) is 0 Å². The van der Waals surface area contributed by atoms with Gasteiger partial charge in [0, 0.05) is 52.4 Å². The van der Waals surface area contributed by atoms with E-state index < -0.39 is 102 Å². The topological polar surface area (TPSA) is 207 Å². The number of anilines is 1. The first kappa shape index (κ1) is 46.4. The molecule has 2 aliphatic heterocycles. The minimum atomic E-state index is -5.04. The zero-order valence-electron chi connectivity index (χ0n) is 34.3. The van der Waals surface area contributed by atoms with Crippen LogP contribution in [-0.2, 0) is 53.5 Å². The monoisotopic (exact) mass is 953 g/mol. The van der Waals surface area contributed by atoms with E-state index >= 15 is 17.6 Å². The fourth-order valence-electron chi connectivity index (χ4n) is 9.10. The van der Waals surface area contributed by atoms with Gasteiger partial charge in [0.25, 0.3) is 30.4 Å². The number of aliphatic carboxylic acids is 1. The number of hydrogen-bond donors (Lipinski definition) is 4. The smallest absolute Gasteiger partial charge is 0.313 e. The second kappa shape index (κ2) is 15.8. The highest BCUT2D eigenvalue weighted by molar-refractivity contribution is 8.00. The van der Waals surface area contributed by atoms with Crippen LogP contribution in [0.4, 0.5) is 23.2 Å². The minimum absolute atomic E-state index is 0.0362. The van der Waals surface area contributed by atoms with E-state index in [0.717, 1.165) is 12.1 Å². The molecule has 1 aliphatic carbocycles. The molecule has 0 saturated carbocycles. The molecular formula is C42H41F4N2O11S4+. The lowest BCUT2D eigenvalue weighted by Gasteiger charge is -2.45. The van der Waals surface area contributed by atoms with Crippen LogP contribution in [0.5, 0.6) is 0 Å². The van der Waals surface area contributed by atoms with Crippen molar-refractivity contribution in [2.24, 2.45) is 0 Å². The number of carboxylic acids is 1. The number of halogens is 4. The number of carboxylic acid groups (broad SMARTS) is 1. The van der Waals surface area contributed by atoms with Gasteiger partial charge in [0.1, 0.15) is 17.2 Å². The first-order chi connectivity index (χ1) is 29.1. The molecule has 0 saturated heterocycles. The largest absolute Gasteiger partial charge is 0.481 e. The molecule has 336 valence electrons. The van der Waals surface area contributed by atoms with E-state index in [1.807, 2.05) is 25.7 Å². The lowest BCUT2D eigenvalue weighted by atomic mass is 9.67. The quantitative estimate of drug-likeness (QED) is 0.0494. The lowest BCUT2D eigenvalue weighted by Crippen LogP contribution is -2.46. The van der Waals surface area contributed by atoms with E-state index in [-0.39, 0.29) is 51.4 Å². The highest BCUT2D eigenvalue weighted by atomic mass is 32.2. The van der Waals surface area contributed by atoms with Gasteiger partial charge < -0.3 is 10.0 Å². The molecule has 2 heterocycles. The molecule has 4 aromatic carbocycles. The van der Waals surface area contributed by atoms with Crippen molar-refractivity contribution in [3.63, 3.8) is 0 Å². The standard InChI is InChI=1S/C42H40F4N2O11S4/c1-6-48-31-16-29-27(14-25(31)23(17-41(48,2)3)20-61(51,52)53)34(35-36(43)38(45)40(39(46)37(35)44)60-19-33(49)50)26-12-21-8-7-11-47(30(21)15-28(26)42(29,4)5)18-22-9-10-24(62(54,55)56)13-32(22)63(57,58)59/h9-10,12-17H,6-8,11,18-20H2,1-5H3,(H3-,49,50,51,52,53,54,55,56,57,58,59)/p+1. The SMILES string of the molecule is CCN1c2cc3c(cc2C(CS(=O)(=O)O)=CC1(C)C)C(c1c(F)c(F)c(SCC(=O)O)c(F)c1F)=c1cc2c(cc1C3(C)C)=[N+](Cc1ccc(S(=O)(=O)O)cc1S(=O)(=O)O)CCC2. The summed E-state index contributed by atoms with van der Waals surface area (Å²) in [7, 11) is -14.6. The third-order valence-electron chi connectivity index (χ3n) is 11.8. The predicted molar refractivity (Wildman–Crippen MR) is 226 cm³/mol. The molecule has 21 heteroatoms. The number of aryl methyl sites for hydroxylation is 1. The summed E-state index contributed by atoms with van der Waals surface area (Å²) >= 11 is 0.0535. The number of hydrogen-bond acceptors (Lipinski definition) is 9. The Hall–Kier alpha value is -4.64. The molecule has 0 amide bonds. The van der Waals surface area contributed by atoms with Crippen LogP contribution in [0.2, 0.25) is 0 Å². The predicted octanol–water partition coefficient (Wildman–Crippen LogP) is 5.33. The molecule has 63 heavy (non-hydrogen) atoms. The Balaban J connectivity index is 1.61. The minimum Gasteiger partial charge on any atom is -0.481 e. The van der Waals surface area contributed by atoms with Gasteiger partial charge in [-0.1, -0.05) is 19.9 Å². The molecule has 0 aromatic heterocycles. The highest BCUT2D eigenvalue weighted by Gasteiger charge is 2.42. The van der Waals surface area contributed by atoms with Crippen molar-refractivity contribution >= 4 is 64.9 Å². The molecule has 0 bridgehead atoms. The highest BCUT2D eigenvalue weighted by Crippen LogP contribution is 2.49. The summed E-state index contributed by atoms with van der Waals surface area (Å²) in [5, 5.41) is 9.81. The lowest BCUT2D eigenvalue weighted by molar-refractivity contribution is -0.133. The van der Waals surface area contributed by atoms with Gasteiger partial charge in [-0.25, -0.2) is 22.1 Å². The Labute approximate surface area is 364 Å². The number of fused-ring (bicyclic) bond motifs is 4. The van der Waals surface area contributed by atoms with Crippen LogP contribution >= 0.6 is 11.8 Å². The van der Waals surface area contributed by atoms with Crippen molar-refractivity contribution in [1.82, 2.24) is 4.58 Å². The zero-order valence-corrected chi connectivity index (χ0v) is 37.5. The molecule has 7 rings (SSSR count). The Morgan fingerprint density at radius 1 is 0.841 bits per heavy atom. The summed E-state index contributed by atoms with van der Waals surface area (Å²) < 4.78 is 171. The average molecular weight is 954 g/mol. The maximum absolute atomic E-state index is 16.7. The van der Waals surface area contributed by atoms with E-state index in [4.69, 9.17) is 0 Å². The molecule has 4 aromatic rings. The summed E-state index contributed by atoms with van der Waals surface area (Å²) in [5.74, 6) is -10.6. The average Bonchev–Trinajstić information content (AvgIpc) is 3.16. The number of carbonyl (C=O) groups is 1. The molecule has 0 unspecified atom stereocenters. The van der Waals surface area contributed by atoms with E-state index in [0.29, 0.717) is 59.7 Å². The van der Waals surface area contributed by atoms with Crippen molar-refractivity contribution in [2.75, 3.05) is 29.5 Å². The zero-order chi connectivity index (χ0) is 46.5. The molecule has 3 aliphatic rings. The van der Waals surface area contributed by atoms with Gasteiger partial charge >= 0.3 is 5.97 Å². The maximum Gasteiger partial charge on any atom is 0.313 e.